The van der Waals surface area contributed by atoms with Crippen LogP contribution in [0.4, 0.5) is 18.9 Å². The first-order valence-corrected chi connectivity index (χ1v) is 7.52. The summed E-state index contributed by atoms with van der Waals surface area (Å²) >= 11 is 0. The summed E-state index contributed by atoms with van der Waals surface area (Å²) < 4.78 is 38.6. The van der Waals surface area contributed by atoms with Gasteiger partial charge in [-0.25, -0.2) is 4.98 Å². The lowest BCUT2D eigenvalue weighted by atomic mass is 10.0. The van der Waals surface area contributed by atoms with Gasteiger partial charge in [-0.15, -0.1) is 0 Å². The lowest BCUT2D eigenvalue weighted by molar-refractivity contribution is -0.385. The van der Waals surface area contributed by atoms with Crippen LogP contribution in [0.15, 0.2) is 54.6 Å². The van der Waals surface area contributed by atoms with Crippen LogP contribution in [0, 0.1) is 10.1 Å². The molecule has 2 aromatic carbocycles. The number of pyridine rings is 1. The lowest BCUT2D eigenvalue weighted by Gasteiger charge is -2.10. The zero-order valence-corrected chi connectivity index (χ0v) is 13.4. The Morgan fingerprint density at radius 1 is 0.926 bits per heavy atom. The van der Waals surface area contributed by atoms with Crippen molar-refractivity contribution in [2.75, 3.05) is 0 Å². The number of hydrogen-bond acceptors (Lipinski definition) is 5. The fraction of sp³-hybridized carbons (Fsp3) is 0.0556. The molecule has 0 atom stereocenters. The molecular formula is C18H11F3N2O4. The van der Waals surface area contributed by atoms with Crippen molar-refractivity contribution < 1.29 is 28.3 Å². The van der Waals surface area contributed by atoms with Crippen molar-refractivity contribution in [3.05, 3.63) is 70.4 Å². The molecular weight excluding hydrogens is 365 g/mol. The van der Waals surface area contributed by atoms with Crippen molar-refractivity contribution in [2.45, 2.75) is 6.18 Å². The number of rotatable bonds is 3. The summed E-state index contributed by atoms with van der Waals surface area (Å²) in [6, 6.07) is 11.8. The van der Waals surface area contributed by atoms with E-state index in [1.54, 1.807) is 18.2 Å². The van der Waals surface area contributed by atoms with Crippen LogP contribution in [0.25, 0.3) is 22.4 Å². The number of phenolic OH excluding ortho intramolecular Hbond substituents is 2. The fourth-order valence-corrected chi connectivity index (χ4v) is 2.52. The van der Waals surface area contributed by atoms with E-state index in [-0.39, 0.29) is 11.3 Å². The normalized spacial score (nSPS) is 11.4. The molecule has 6 nitrogen and oxygen atoms in total. The SMILES string of the molecule is O=[N+]([O-])c1cc(-c2cccc(-c3cccc(C(F)(F)F)n3)c2)cc(O)c1O. The standard InChI is InChI=1S/C18H11F3N2O4/c19-18(20,21)16-6-2-5-13(22-16)11-4-1-3-10(7-11)12-8-14(23(26)27)17(25)15(24)9-12/h1-9,24-25H. The van der Waals surface area contributed by atoms with Gasteiger partial charge in [0.2, 0.25) is 5.75 Å². The van der Waals surface area contributed by atoms with E-state index in [1.807, 2.05) is 0 Å². The highest BCUT2D eigenvalue weighted by Gasteiger charge is 2.32. The molecule has 0 unspecified atom stereocenters. The number of aromatic nitrogens is 1. The molecule has 0 radical (unpaired) electrons. The summed E-state index contributed by atoms with van der Waals surface area (Å²) in [7, 11) is 0. The largest absolute Gasteiger partial charge is 0.504 e. The van der Waals surface area contributed by atoms with Gasteiger partial charge in [-0.3, -0.25) is 10.1 Å². The second-order valence-corrected chi connectivity index (χ2v) is 5.61. The van der Waals surface area contributed by atoms with Crippen LogP contribution >= 0.6 is 0 Å². The van der Waals surface area contributed by atoms with Gasteiger partial charge in [-0.2, -0.15) is 13.2 Å². The van der Waals surface area contributed by atoms with Crippen LogP contribution < -0.4 is 0 Å². The first-order valence-electron chi connectivity index (χ1n) is 7.52. The minimum atomic E-state index is -4.59. The van der Waals surface area contributed by atoms with Crippen LogP contribution in [-0.2, 0) is 6.18 Å². The van der Waals surface area contributed by atoms with E-state index in [0.29, 0.717) is 11.1 Å². The summed E-state index contributed by atoms with van der Waals surface area (Å²) in [5, 5.41) is 30.3. The van der Waals surface area contributed by atoms with E-state index < -0.39 is 34.0 Å². The Morgan fingerprint density at radius 2 is 1.59 bits per heavy atom. The van der Waals surface area contributed by atoms with E-state index in [9.17, 15) is 33.5 Å². The molecule has 0 spiro atoms. The Morgan fingerprint density at radius 3 is 2.26 bits per heavy atom. The third-order valence-corrected chi connectivity index (χ3v) is 3.80. The highest BCUT2D eigenvalue weighted by molar-refractivity contribution is 5.76. The Bertz CT molecular complexity index is 1040. The molecule has 0 fully saturated rings. The number of halogens is 3. The summed E-state index contributed by atoms with van der Waals surface area (Å²) in [6.45, 7) is 0. The summed E-state index contributed by atoms with van der Waals surface area (Å²) in [5.74, 6) is -1.54. The van der Waals surface area contributed by atoms with Crippen LogP contribution in [0.3, 0.4) is 0 Å². The highest BCUT2D eigenvalue weighted by atomic mass is 19.4. The van der Waals surface area contributed by atoms with Crippen LogP contribution in [-0.4, -0.2) is 20.1 Å². The molecule has 0 saturated carbocycles. The molecule has 9 heteroatoms. The minimum Gasteiger partial charge on any atom is -0.504 e. The molecule has 1 heterocycles. The molecule has 3 aromatic rings. The third kappa shape index (κ3) is 3.66. The average Bonchev–Trinajstić information content (AvgIpc) is 2.63. The van der Waals surface area contributed by atoms with Crippen LogP contribution in [0.1, 0.15) is 5.69 Å². The zero-order chi connectivity index (χ0) is 19.8. The molecule has 0 saturated heterocycles. The van der Waals surface area contributed by atoms with Crippen molar-refractivity contribution in [3.63, 3.8) is 0 Å². The van der Waals surface area contributed by atoms with Gasteiger partial charge in [-0.05, 0) is 35.4 Å². The lowest BCUT2D eigenvalue weighted by Crippen LogP contribution is -2.07. The van der Waals surface area contributed by atoms with E-state index in [1.165, 1.54) is 18.2 Å². The monoisotopic (exact) mass is 376 g/mol. The summed E-state index contributed by atoms with van der Waals surface area (Å²) in [5.41, 5.74) is -0.690. The third-order valence-electron chi connectivity index (χ3n) is 3.80. The number of nitrogens with zero attached hydrogens (tertiary/aromatic N) is 2. The van der Waals surface area contributed by atoms with Crippen LogP contribution in [0.2, 0.25) is 0 Å². The fourth-order valence-electron chi connectivity index (χ4n) is 2.52. The maximum Gasteiger partial charge on any atom is 0.433 e. The van der Waals surface area contributed by atoms with Crippen molar-refractivity contribution in [1.29, 1.82) is 0 Å². The Kier molecular flexibility index (Phi) is 4.44. The van der Waals surface area contributed by atoms with Gasteiger partial charge in [0.05, 0.1) is 10.6 Å². The molecule has 1 aromatic heterocycles. The number of nitro groups is 1. The van der Waals surface area contributed by atoms with Crippen molar-refractivity contribution in [1.82, 2.24) is 4.98 Å². The Hall–Kier alpha value is -3.62. The van der Waals surface area contributed by atoms with Crippen molar-refractivity contribution in [3.8, 4) is 33.9 Å². The van der Waals surface area contributed by atoms with Gasteiger partial charge in [0, 0.05) is 11.6 Å². The van der Waals surface area contributed by atoms with Gasteiger partial charge in [-0.1, -0.05) is 24.3 Å². The topological polar surface area (TPSA) is 96.5 Å². The highest BCUT2D eigenvalue weighted by Crippen LogP contribution is 2.40. The number of aromatic hydroxyl groups is 2. The number of alkyl halides is 3. The number of benzene rings is 2. The summed E-state index contributed by atoms with van der Waals surface area (Å²) in [4.78, 5) is 13.7. The molecule has 2 N–H and O–H groups in total. The molecule has 0 bridgehead atoms. The first-order chi connectivity index (χ1) is 12.7. The molecule has 0 aliphatic rings. The molecule has 0 aliphatic heterocycles. The number of nitro benzene ring substituents is 1. The molecule has 0 aliphatic carbocycles. The molecule has 138 valence electrons. The van der Waals surface area contributed by atoms with Gasteiger partial charge in [0.15, 0.2) is 5.75 Å². The van der Waals surface area contributed by atoms with E-state index in [4.69, 9.17) is 0 Å². The molecule has 3 rings (SSSR count). The average molecular weight is 376 g/mol. The smallest absolute Gasteiger partial charge is 0.433 e. The zero-order valence-electron chi connectivity index (χ0n) is 13.4. The van der Waals surface area contributed by atoms with Crippen molar-refractivity contribution >= 4 is 5.69 Å². The minimum absolute atomic E-state index is 0.0733. The van der Waals surface area contributed by atoms with Gasteiger partial charge in [0.25, 0.3) is 0 Å². The van der Waals surface area contributed by atoms with Crippen molar-refractivity contribution in [2.24, 2.45) is 0 Å². The van der Waals surface area contributed by atoms with E-state index >= 15 is 0 Å². The maximum absolute atomic E-state index is 12.9. The second kappa shape index (κ2) is 6.60. The quantitative estimate of drug-likeness (QED) is 0.390. The van der Waals surface area contributed by atoms with Gasteiger partial charge >= 0.3 is 11.9 Å². The Labute approximate surface area is 150 Å². The number of hydrogen-bond donors (Lipinski definition) is 2. The maximum atomic E-state index is 12.9. The van der Waals surface area contributed by atoms with Gasteiger partial charge < -0.3 is 10.2 Å². The predicted molar refractivity (Wildman–Crippen MR) is 90.1 cm³/mol. The Balaban J connectivity index is 2.09. The predicted octanol–water partition coefficient (Wildman–Crippen LogP) is 4.75. The van der Waals surface area contributed by atoms with E-state index in [0.717, 1.165) is 18.2 Å². The first kappa shape index (κ1) is 18.2. The summed E-state index contributed by atoms with van der Waals surface area (Å²) in [6.07, 6.45) is -4.59. The molecule has 0 amide bonds. The molecule has 27 heavy (non-hydrogen) atoms. The van der Waals surface area contributed by atoms with E-state index in [2.05, 4.69) is 4.98 Å². The van der Waals surface area contributed by atoms with Crippen LogP contribution in [0.5, 0.6) is 11.5 Å². The second-order valence-electron chi connectivity index (χ2n) is 5.61. The van der Waals surface area contributed by atoms with Gasteiger partial charge in [0.1, 0.15) is 5.69 Å². The number of phenols is 2.